The summed E-state index contributed by atoms with van der Waals surface area (Å²) in [6, 6.07) is -0.271. The summed E-state index contributed by atoms with van der Waals surface area (Å²) in [4.78, 5) is 14.4. The number of ether oxygens (including phenoxy) is 1. The molecule has 6 nitrogen and oxygen atoms in total. The minimum Gasteiger partial charge on any atom is -0.409 e. The number of amides is 1. The van der Waals surface area contributed by atoms with E-state index in [0.717, 1.165) is 12.8 Å². The molecule has 0 saturated carbocycles. The van der Waals surface area contributed by atoms with Crippen molar-refractivity contribution < 1.29 is 14.7 Å². The summed E-state index contributed by atoms with van der Waals surface area (Å²) in [5, 5.41) is 11.9. The Labute approximate surface area is 113 Å². The number of rotatable bonds is 2. The first-order valence-corrected chi connectivity index (χ1v) is 6.90. The van der Waals surface area contributed by atoms with Crippen LogP contribution >= 0.6 is 0 Å². The van der Waals surface area contributed by atoms with Gasteiger partial charge in [-0.05, 0) is 32.6 Å². The quantitative estimate of drug-likeness (QED) is 0.336. The molecule has 6 heteroatoms. The molecule has 5 atom stereocenters. The topological polar surface area (TPSA) is 88.2 Å². The SMILES string of the molecule is CC1OC(C)C(C(=O)N2CCCC2C(N)=NO)C1C. The number of carbonyl (C=O) groups is 1. The molecule has 0 aromatic carbocycles. The number of hydrogen-bond donors (Lipinski definition) is 2. The zero-order valence-electron chi connectivity index (χ0n) is 11.7. The number of nitrogens with two attached hydrogens (primary N) is 1. The van der Waals surface area contributed by atoms with Crippen LogP contribution < -0.4 is 5.73 Å². The maximum absolute atomic E-state index is 12.7. The maximum Gasteiger partial charge on any atom is 0.229 e. The Morgan fingerprint density at radius 3 is 2.58 bits per heavy atom. The van der Waals surface area contributed by atoms with Gasteiger partial charge in [-0.15, -0.1) is 0 Å². The highest BCUT2D eigenvalue weighted by Gasteiger charge is 2.45. The molecule has 3 N–H and O–H groups in total. The normalized spacial score (nSPS) is 39.8. The molecule has 2 fully saturated rings. The summed E-state index contributed by atoms with van der Waals surface area (Å²) < 4.78 is 5.73. The third kappa shape index (κ3) is 2.41. The largest absolute Gasteiger partial charge is 0.409 e. The molecule has 108 valence electrons. The third-order valence-corrected chi connectivity index (χ3v) is 4.52. The number of amidine groups is 1. The van der Waals surface area contributed by atoms with E-state index in [2.05, 4.69) is 5.16 Å². The van der Waals surface area contributed by atoms with Crippen LogP contribution in [0.3, 0.4) is 0 Å². The van der Waals surface area contributed by atoms with Gasteiger partial charge < -0.3 is 20.6 Å². The molecule has 2 aliphatic rings. The molecule has 0 aliphatic carbocycles. The highest BCUT2D eigenvalue weighted by Crippen LogP contribution is 2.35. The van der Waals surface area contributed by atoms with Crippen molar-refractivity contribution in [2.45, 2.75) is 51.9 Å². The van der Waals surface area contributed by atoms with Crippen LogP contribution in [0.25, 0.3) is 0 Å². The Morgan fingerprint density at radius 1 is 1.37 bits per heavy atom. The number of likely N-dealkylation sites (tertiary alicyclic amines) is 1. The number of hydrogen-bond acceptors (Lipinski definition) is 4. The van der Waals surface area contributed by atoms with Gasteiger partial charge in [0, 0.05) is 6.54 Å². The monoisotopic (exact) mass is 269 g/mol. The summed E-state index contributed by atoms with van der Waals surface area (Å²) in [7, 11) is 0. The van der Waals surface area contributed by atoms with Crippen LogP contribution in [0.2, 0.25) is 0 Å². The Bertz CT molecular complexity index is 385. The fraction of sp³-hybridized carbons (Fsp3) is 0.846. The molecule has 5 unspecified atom stereocenters. The van der Waals surface area contributed by atoms with Crippen molar-refractivity contribution in [3.8, 4) is 0 Å². The van der Waals surface area contributed by atoms with Crippen molar-refractivity contribution >= 4 is 11.7 Å². The average molecular weight is 269 g/mol. The Morgan fingerprint density at radius 2 is 2.05 bits per heavy atom. The lowest BCUT2D eigenvalue weighted by atomic mass is 9.88. The second-order valence-corrected chi connectivity index (χ2v) is 5.65. The van der Waals surface area contributed by atoms with Gasteiger partial charge in [0.15, 0.2) is 5.84 Å². The summed E-state index contributed by atoms with van der Waals surface area (Å²) in [5.74, 6) is 0.245. The number of carbonyl (C=O) groups excluding carboxylic acids is 1. The van der Waals surface area contributed by atoms with Gasteiger partial charge in [-0.2, -0.15) is 0 Å². The van der Waals surface area contributed by atoms with Gasteiger partial charge in [0.2, 0.25) is 5.91 Å². The van der Waals surface area contributed by atoms with E-state index in [1.165, 1.54) is 0 Å². The minimum absolute atomic E-state index is 0.0680. The third-order valence-electron chi connectivity index (χ3n) is 4.52. The number of oxime groups is 1. The zero-order valence-corrected chi connectivity index (χ0v) is 11.7. The average Bonchev–Trinajstić information content (AvgIpc) is 2.94. The highest BCUT2D eigenvalue weighted by molar-refractivity contribution is 5.91. The van der Waals surface area contributed by atoms with Gasteiger partial charge >= 0.3 is 0 Å². The maximum atomic E-state index is 12.7. The molecule has 1 amide bonds. The van der Waals surface area contributed by atoms with E-state index in [1.807, 2.05) is 20.8 Å². The van der Waals surface area contributed by atoms with Crippen LogP contribution in [0.4, 0.5) is 0 Å². The summed E-state index contributed by atoms with van der Waals surface area (Å²) in [6.45, 7) is 6.66. The van der Waals surface area contributed by atoms with E-state index in [1.54, 1.807) is 4.90 Å². The zero-order chi connectivity index (χ0) is 14.2. The molecule has 2 rings (SSSR count). The van der Waals surface area contributed by atoms with Gasteiger partial charge in [-0.3, -0.25) is 4.79 Å². The van der Waals surface area contributed by atoms with Crippen molar-refractivity contribution in [1.29, 1.82) is 0 Å². The van der Waals surface area contributed by atoms with Gasteiger partial charge in [0.1, 0.15) is 0 Å². The fourth-order valence-electron chi connectivity index (χ4n) is 3.29. The van der Waals surface area contributed by atoms with Crippen molar-refractivity contribution in [2.75, 3.05) is 6.54 Å². The minimum atomic E-state index is -0.271. The van der Waals surface area contributed by atoms with Crippen molar-refractivity contribution in [3.05, 3.63) is 0 Å². The molecule has 19 heavy (non-hydrogen) atoms. The van der Waals surface area contributed by atoms with Gasteiger partial charge in [-0.25, -0.2) is 0 Å². The smallest absolute Gasteiger partial charge is 0.229 e. The van der Waals surface area contributed by atoms with Gasteiger partial charge in [0.05, 0.1) is 24.2 Å². The van der Waals surface area contributed by atoms with Crippen LogP contribution in [0.5, 0.6) is 0 Å². The first kappa shape index (κ1) is 14.1. The van der Waals surface area contributed by atoms with Crippen LogP contribution in [0.15, 0.2) is 5.16 Å². The van der Waals surface area contributed by atoms with E-state index >= 15 is 0 Å². The van der Waals surface area contributed by atoms with E-state index in [0.29, 0.717) is 6.54 Å². The standard InChI is InChI=1S/C13H23N3O3/c1-7-8(2)19-9(3)11(7)13(17)16-6-4-5-10(16)12(14)15-18/h7-11,18H,4-6H2,1-3H3,(H2,14,15). The van der Waals surface area contributed by atoms with Crippen LogP contribution in [0.1, 0.15) is 33.6 Å². The van der Waals surface area contributed by atoms with E-state index < -0.39 is 0 Å². The van der Waals surface area contributed by atoms with E-state index in [4.69, 9.17) is 15.7 Å². The second-order valence-electron chi connectivity index (χ2n) is 5.65. The van der Waals surface area contributed by atoms with Crippen LogP contribution in [-0.4, -0.2) is 46.6 Å². The number of nitrogens with zero attached hydrogens (tertiary/aromatic N) is 2. The molecule has 2 saturated heterocycles. The predicted octanol–water partition coefficient (Wildman–Crippen LogP) is 0.783. The highest BCUT2D eigenvalue weighted by atomic mass is 16.5. The van der Waals surface area contributed by atoms with E-state index in [9.17, 15) is 4.79 Å². The van der Waals surface area contributed by atoms with Crippen molar-refractivity contribution in [2.24, 2.45) is 22.7 Å². The van der Waals surface area contributed by atoms with Crippen LogP contribution in [-0.2, 0) is 9.53 Å². The lowest BCUT2D eigenvalue weighted by Crippen LogP contribution is -2.48. The Hall–Kier alpha value is -1.30. The summed E-state index contributed by atoms with van der Waals surface area (Å²) >= 11 is 0. The molecular formula is C13H23N3O3. The van der Waals surface area contributed by atoms with Crippen molar-refractivity contribution in [1.82, 2.24) is 4.90 Å². The lowest BCUT2D eigenvalue weighted by molar-refractivity contribution is -0.137. The summed E-state index contributed by atoms with van der Waals surface area (Å²) in [6.07, 6.45) is 1.66. The molecule has 0 bridgehead atoms. The van der Waals surface area contributed by atoms with Crippen LogP contribution in [0, 0.1) is 11.8 Å². The molecular weight excluding hydrogens is 246 g/mol. The molecule has 2 aliphatic heterocycles. The van der Waals surface area contributed by atoms with Gasteiger partial charge in [-0.1, -0.05) is 12.1 Å². The Kier molecular flexibility index (Phi) is 3.99. The molecule has 0 aromatic heterocycles. The summed E-state index contributed by atoms with van der Waals surface area (Å²) in [5.41, 5.74) is 5.68. The molecule has 0 spiro atoms. The van der Waals surface area contributed by atoms with Crippen molar-refractivity contribution in [3.63, 3.8) is 0 Å². The fourth-order valence-corrected chi connectivity index (χ4v) is 3.29. The first-order valence-electron chi connectivity index (χ1n) is 6.90. The molecule has 2 heterocycles. The molecule has 0 radical (unpaired) electrons. The van der Waals surface area contributed by atoms with Gasteiger partial charge in [0.25, 0.3) is 0 Å². The second kappa shape index (κ2) is 5.36. The molecule has 0 aromatic rings. The van der Waals surface area contributed by atoms with E-state index in [-0.39, 0.29) is 41.8 Å². The predicted molar refractivity (Wildman–Crippen MR) is 70.8 cm³/mol. The lowest BCUT2D eigenvalue weighted by Gasteiger charge is -2.29. The Balaban J connectivity index is 2.15. The first-order chi connectivity index (χ1) is 8.97.